The minimum Gasteiger partial charge on any atom is -0.344 e. The summed E-state index contributed by atoms with van der Waals surface area (Å²) in [5.41, 5.74) is 0. The van der Waals surface area contributed by atoms with E-state index in [4.69, 9.17) is 4.89 Å². The molecule has 0 spiro atoms. The maximum absolute atomic E-state index is 11.0. The molecule has 1 N–H and O–H groups in total. The van der Waals surface area contributed by atoms with Gasteiger partial charge in [-0.3, -0.25) is 4.57 Å². The van der Waals surface area contributed by atoms with Crippen LogP contribution >= 0.6 is 19.8 Å². The average Bonchev–Trinajstić information content (AvgIpc) is 1.64. The van der Waals surface area contributed by atoms with Gasteiger partial charge in [0.1, 0.15) is 0 Å². The normalized spacial score (nSPS) is 10.7. The first-order valence-corrected chi connectivity index (χ1v) is 5.46. The van der Waals surface area contributed by atoms with E-state index in [-0.39, 0.29) is 12.4 Å². The first-order chi connectivity index (χ1) is 4.12. The molecule has 0 aromatic carbocycles. The molecule has 0 fully saturated rings. The zero-order chi connectivity index (χ0) is 7.33. The van der Waals surface area contributed by atoms with Crippen LogP contribution in [0.15, 0.2) is 0 Å². The zero-order valence-corrected chi connectivity index (χ0v) is 8.25. The summed E-state index contributed by atoms with van der Waals surface area (Å²) in [7, 11) is -2.69. The molecular formula is C6H16ClO2P. The van der Waals surface area contributed by atoms with Gasteiger partial charge in [0, 0.05) is 12.3 Å². The molecule has 64 valence electrons. The molecule has 10 heavy (non-hydrogen) atoms. The summed E-state index contributed by atoms with van der Waals surface area (Å²) in [5, 5.41) is 0. The molecule has 0 aliphatic heterocycles. The monoisotopic (exact) mass is 186 g/mol. The molecule has 0 saturated heterocycles. The van der Waals surface area contributed by atoms with Gasteiger partial charge < -0.3 is 4.89 Å². The van der Waals surface area contributed by atoms with Crippen molar-refractivity contribution in [2.24, 2.45) is 0 Å². The van der Waals surface area contributed by atoms with Crippen LogP contribution in [0.3, 0.4) is 0 Å². The molecule has 0 bridgehead atoms. The maximum Gasteiger partial charge on any atom is 0.200 e. The Morgan fingerprint density at radius 1 is 1.20 bits per heavy atom. The Bertz CT molecular complexity index is 106. The lowest BCUT2D eigenvalue weighted by atomic mass is 10.6. The van der Waals surface area contributed by atoms with E-state index in [1.54, 1.807) is 0 Å². The molecule has 2 nitrogen and oxygen atoms in total. The predicted octanol–water partition coefficient (Wildman–Crippen LogP) is 2.50. The molecule has 0 rings (SSSR count). The van der Waals surface area contributed by atoms with Crippen molar-refractivity contribution in [3.05, 3.63) is 0 Å². The van der Waals surface area contributed by atoms with Crippen molar-refractivity contribution in [3.8, 4) is 0 Å². The largest absolute Gasteiger partial charge is 0.344 e. The van der Waals surface area contributed by atoms with Crippen molar-refractivity contribution < 1.29 is 9.46 Å². The van der Waals surface area contributed by atoms with Crippen molar-refractivity contribution >= 4 is 19.8 Å². The lowest BCUT2D eigenvalue weighted by Crippen LogP contribution is -1.91. The van der Waals surface area contributed by atoms with Crippen molar-refractivity contribution in [2.75, 3.05) is 12.3 Å². The van der Waals surface area contributed by atoms with E-state index in [0.717, 1.165) is 12.8 Å². The van der Waals surface area contributed by atoms with E-state index in [1.165, 1.54) is 0 Å². The first kappa shape index (κ1) is 13.1. The number of hydrogen-bond donors (Lipinski definition) is 1. The topological polar surface area (TPSA) is 37.3 Å². The van der Waals surface area contributed by atoms with Gasteiger partial charge in [-0.05, 0) is 12.8 Å². The van der Waals surface area contributed by atoms with E-state index in [0.29, 0.717) is 12.3 Å². The second-order valence-electron chi connectivity index (χ2n) is 2.29. The molecule has 0 aliphatic carbocycles. The van der Waals surface area contributed by atoms with Crippen LogP contribution in [0.5, 0.6) is 0 Å². The number of hydrogen-bond acceptors (Lipinski definition) is 1. The third-order valence-corrected chi connectivity index (χ3v) is 3.44. The number of halogens is 1. The SMILES string of the molecule is CCCP(=O)(O)CCC.Cl. The highest BCUT2D eigenvalue weighted by Crippen LogP contribution is 2.41. The van der Waals surface area contributed by atoms with Gasteiger partial charge in [-0.2, -0.15) is 0 Å². The van der Waals surface area contributed by atoms with Gasteiger partial charge in [0.05, 0.1) is 0 Å². The summed E-state index contributed by atoms with van der Waals surface area (Å²) in [5.74, 6) is 0. The Hall–Kier alpha value is 0.480. The molecule has 0 aromatic rings. The molecule has 0 radical (unpaired) electrons. The predicted molar refractivity (Wildman–Crippen MR) is 47.4 cm³/mol. The van der Waals surface area contributed by atoms with E-state index >= 15 is 0 Å². The van der Waals surface area contributed by atoms with Crippen LogP contribution in [0.2, 0.25) is 0 Å². The van der Waals surface area contributed by atoms with Crippen LogP contribution in [-0.2, 0) is 4.57 Å². The number of rotatable bonds is 4. The lowest BCUT2D eigenvalue weighted by Gasteiger charge is -2.06. The van der Waals surface area contributed by atoms with Gasteiger partial charge in [-0.1, -0.05) is 13.8 Å². The van der Waals surface area contributed by atoms with Gasteiger partial charge in [0.25, 0.3) is 0 Å². The summed E-state index contributed by atoms with van der Waals surface area (Å²) < 4.78 is 11.0. The molecule has 0 saturated carbocycles. The van der Waals surface area contributed by atoms with Crippen LogP contribution in [0.1, 0.15) is 26.7 Å². The van der Waals surface area contributed by atoms with Gasteiger partial charge in [-0.25, -0.2) is 0 Å². The Morgan fingerprint density at radius 3 is 1.70 bits per heavy atom. The van der Waals surface area contributed by atoms with E-state index in [1.807, 2.05) is 13.8 Å². The van der Waals surface area contributed by atoms with Crippen LogP contribution in [0, 0.1) is 0 Å². The van der Waals surface area contributed by atoms with Crippen LogP contribution < -0.4 is 0 Å². The highest BCUT2D eigenvalue weighted by molar-refractivity contribution is 7.57. The Morgan fingerprint density at radius 2 is 1.50 bits per heavy atom. The molecule has 0 atom stereocenters. The minimum atomic E-state index is -2.69. The Kier molecular flexibility index (Phi) is 8.13. The molecule has 0 aromatic heterocycles. The van der Waals surface area contributed by atoms with Crippen LogP contribution in [0.25, 0.3) is 0 Å². The summed E-state index contributed by atoms with van der Waals surface area (Å²) in [6.45, 7) is 3.86. The van der Waals surface area contributed by atoms with E-state index in [2.05, 4.69) is 0 Å². The van der Waals surface area contributed by atoms with Gasteiger partial charge in [0.2, 0.25) is 7.37 Å². The summed E-state index contributed by atoms with van der Waals surface area (Å²) in [6.07, 6.45) is 2.60. The second-order valence-corrected chi connectivity index (χ2v) is 4.88. The lowest BCUT2D eigenvalue weighted by molar-refractivity contribution is 0.476. The van der Waals surface area contributed by atoms with Crippen molar-refractivity contribution in [1.82, 2.24) is 0 Å². The zero-order valence-electron chi connectivity index (χ0n) is 6.54. The molecule has 0 aliphatic rings. The third-order valence-electron chi connectivity index (χ3n) is 1.15. The first-order valence-electron chi connectivity index (χ1n) is 3.43. The summed E-state index contributed by atoms with van der Waals surface area (Å²) in [4.78, 5) is 9.07. The maximum atomic E-state index is 11.0. The average molecular weight is 187 g/mol. The van der Waals surface area contributed by atoms with Crippen molar-refractivity contribution in [3.63, 3.8) is 0 Å². The molecule has 0 unspecified atom stereocenters. The smallest absolute Gasteiger partial charge is 0.200 e. The molecular weight excluding hydrogens is 170 g/mol. The quantitative estimate of drug-likeness (QED) is 0.685. The summed E-state index contributed by atoms with van der Waals surface area (Å²) in [6, 6.07) is 0. The fourth-order valence-electron chi connectivity index (χ4n) is 0.811. The minimum absolute atomic E-state index is 0. The highest BCUT2D eigenvalue weighted by Gasteiger charge is 2.13. The highest BCUT2D eigenvalue weighted by atomic mass is 35.5. The fourth-order valence-corrected chi connectivity index (χ4v) is 2.43. The Labute approximate surface area is 68.9 Å². The van der Waals surface area contributed by atoms with Crippen molar-refractivity contribution in [1.29, 1.82) is 0 Å². The van der Waals surface area contributed by atoms with Gasteiger partial charge in [0.15, 0.2) is 0 Å². The Balaban J connectivity index is 0. The van der Waals surface area contributed by atoms with E-state index < -0.39 is 7.37 Å². The van der Waals surface area contributed by atoms with Crippen LogP contribution in [0.4, 0.5) is 0 Å². The molecule has 4 heteroatoms. The standard InChI is InChI=1S/C6H15O2P.ClH/c1-3-5-9(7,8)6-4-2;/h3-6H2,1-2H3,(H,7,8);1H. The molecule has 0 heterocycles. The van der Waals surface area contributed by atoms with Crippen molar-refractivity contribution in [2.45, 2.75) is 26.7 Å². The van der Waals surface area contributed by atoms with Gasteiger partial charge in [-0.15, -0.1) is 12.4 Å². The van der Waals surface area contributed by atoms with Crippen LogP contribution in [-0.4, -0.2) is 17.2 Å². The molecule has 0 amide bonds. The second kappa shape index (κ2) is 6.21. The van der Waals surface area contributed by atoms with E-state index in [9.17, 15) is 4.57 Å². The summed E-state index contributed by atoms with van der Waals surface area (Å²) >= 11 is 0. The van der Waals surface area contributed by atoms with Gasteiger partial charge >= 0.3 is 0 Å². The third kappa shape index (κ3) is 6.60. The fraction of sp³-hybridized carbons (Fsp3) is 1.00.